The number of hydrogen-bond acceptors (Lipinski definition) is 6. The van der Waals surface area contributed by atoms with Crippen molar-refractivity contribution in [2.75, 3.05) is 33.9 Å². The highest BCUT2D eigenvalue weighted by Crippen LogP contribution is 2.27. The Kier molecular flexibility index (Phi) is 8.12. The molecule has 1 unspecified atom stereocenters. The van der Waals surface area contributed by atoms with Crippen LogP contribution in [0.3, 0.4) is 0 Å². The summed E-state index contributed by atoms with van der Waals surface area (Å²) < 4.78 is 16.7. The summed E-state index contributed by atoms with van der Waals surface area (Å²) in [5.74, 6) is 0.496. The van der Waals surface area contributed by atoms with Gasteiger partial charge in [0.1, 0.15) is 31.1 Å². The number of carbonyl (C=O) groups is 1. The van der Waals surface area contributed by atoms with Gasteiger partial charge in [0.15, 0.2) is 6.10 Å². The van der Waals surface area contributed by atoms with Gasteiger partial charge in [-0.25, -0.2) is 0 Å². The third kappa shape index (κ3) is 6.11. The number of carbonyl (C=O) groups excluding carboxylic acids is 1. The number of likely N-dealkylation sites (tertiary alicyclic amines) is 1. The first-order chi connectivity index (χ1) is 14.1. The van der Waals surface area contributed by atoms with E-state index < -0.39 is 5.41 Å². The Morgan fingerprint density at radius 3 is 2.37 bits per heavy atom. The van der Waals surface area contributed by atoms with Gasteiger partial charge in [0, 0.05) is 11.6 Å². The van der Waals surface area contributed by atoms with Gasteiger partial charge in [-0.3, -0.25) is 4.79 Å². The van der Waals surface area contributed by atoms with Gasteiger partial charge in [-0.15, -0.1) is 0 Å². The quantitative estimate of drug-likeness (QED) is 0.279. The molecule has 30 heavy (non-hydrogen) atoms. The molecule has 0 spiro atoms. The highest BCUT2D eigenvalue weighted by Gasteiger charge is 2.36. The Morgan fingerprint density at radius 1 is 1.17 bits per heavy atom. The Hall–Kier alpha value is -2.28. The monoisotopic (exact) mass is 420 g/mol. The molecule has 7 nitrogen and oxygen atoms in total. The summed E-state index contributed by atoms with van der Waals surface area (Å²) in [5, 5.41) is 17.8. The summed E-state index contributed by atoms with van der Waals surface area (Å²) in [4.78, 5) is 12.4. The lowest BCUT2D eigenvalue weighted by Crippen LogP contribution is -2.53. The van der Waals surface area contributed by atoms with Gasteiger partial charge < -0.3 is 19.3 Å². The van der Waals surface area contributed by atoms with Crippen molar-refractivity contribution in [1.82, 2.24) is 0 Å². The van der Waals surface area contributed by atoms with Crippen LogP contribution in [0.25, 0.3) is 0 Å². The van der Waals surface area contributed by atoms with E-state index in [1.807, 2.05) is 27.7 Å². The largest absolute Gasteiger partial charge is 0.854 e. The summed E-state index contributed by atoms with van der Waals surface area (Å²) in [6.07, 6.45) is 3.48. The first-order valence-corrected chi connectivity index (χ1v) is 10.7. The lowest BCUT2D eigenvalue weighted by Gasteiger charge is -2.39. The molecule has 1 atom stereocenters. The molecule has 1 aliphatic heterocycles. The number of ether oxygens (including phenoxy) is 3. The second kappa shape index (κ2) is 10.2. The van der Waals surface area contributed by atoms with Gasteiger partial charge >= 0.3 is 5.97 Å². The molecule has 1 aromatic carbocycles. The average molecular weight is 421 g/mol. The minimum Gasteiger partial charge on any atom is -0.854 e. The lowest BCUT2D eigenvalue weighted by atomic mass is 9.97. The summed E-state index contributed by atoms with van der Waals surface area (Å²) in [5.41, 5.74) is -0.162. The second-order valence-corrected chi connectivity index (χ2v) is 8.94. The zero-order valence-corrected chi connectivity index (χ0v) is 19.2. The van der Waals surface area contributed by atoms with Crippen molar-refractivity contribution in [3.63, 3.8) is 0 Å². The number of esters is 1. The van der Waals surface area contributed by atoms with E-state index >= 15 is 0 Å². The highest BCUT2D eigenvalue weighted by molar-refractivity contribution is 5.93. The van der Waals surface area contributed by atoms with Crippen molar-refractivity contribution in [2.24, 2.45) is 10.5 Å². The molecule has 0 bridgehead atoms. The zero-order valence-electron chi connectivity index (χ0n) is 19.2. The number of piperidine rings is 1. The lowest BCUT2D eigenvalue weighted by molar-refractivity contribution is -0.942. The molecule has 1 aliphatic rings. The van der Waals surface area contributed by atoms with Crippen LogP contribution in [-0.4, -0.2) is 56.4 Å². The molecule has 0 N–H and O–H groups in total. The predicted molar refractivity (Wildman–Crippen MR) is 114 cm³/mol. The van der Waals surface area contributed by atoms with E-state index in [-0.39, 0.29) is 22.6 Å². The Morgan fingerprint density at radius 2 is 1.83 bits per heavy atom. The van der Waals surface area contributed by atoms with E-state index in [0.29, 0.717) is 30.0 Å². The fourth-order valence-electron chi connectivity index (χ4n) is 3.60. The minimum absolute atomic E-state index is 0.229. The molecule has 0 amide bonds. The summed E-state index contributed by atoms with van der Waals surface area (Å²) >= 11 is 0. The maximum Gasteiger partial charge on any atom is 0.311 e. The van der Waals surface area contributed by atoms with Gasteiger partial charge in [0.25, 0.3) is 0 Å². The topological polar surface area (TPSA) is 80.2 Å². The minimum atomic E-state index is -0.566. The number of benzene rings is 1. The van der Waals surface area contributed by atoms with Gasteiger partial charge in [0.05, 0.1) is 25.5 Å². The van der Waals surface area contributed by atoms with Crippen molar-refractivity contribution in [2.45, 2.75) is 59.5 Å². The van der Waals surface area contributed by atoms with E-state index in [0.717, 1.165) is 32.4 Å². The van der Waals surface area contributed by atoms with Gasteiger partial charge in [-0.1, -0.05) is 12.0 Å². The maximum atomic E-state index is 13.1. The van der Waals surface area contributed by atoms with Crippen LogP contribution in [0.1, 0.15) is 58.9 Å². The van der Waals surface area contributed by atoms with Crippen molar-refractivity contribution in [1.29, 1.82) is 0 Å². The Bertz CT molecular complexity index is 748. The SMILES string of the molecule is CCC(C[N+]1(N=C([O-])c2ccc(OC)cc2OC)CCCCC1)OC(=O)C(C)(C)C. The van der Waals surface area contributed by atoms with Crippen molar-refractivity contribution in [3.8, 4) is 11.5 Å². The first kappa shape index (κ1) is 24.0. The van der Waals surface area contributed by atoms with Crippen LogP contribution in [0.4, 0.5) is 0 Å². The van der Waals surface area contributed by atoms with E-state index in [2.05, 4.69) is 5.10 Å². The van der Waals surface area contributed by atoms with Crippen LogP contribution in [0.15, 0.2) is 23.3 Å². The molecule has 1 fully saturated rings. The molecular formula is C23H36N2O5. The van der Waals surface area contributed by atoms with Crippen LogP contribution < -0.4 is 14.6 Å². The fraction of sp³-hybridized carbons (Fsp3) is 0.652. The Balaban J connectivity index is 2.33. The van der Waals surface area contributed by atoms with E-state index in [9.17, 15) is 9.90 Å². The Labute approximate surface area is 180 Å². The number of nitrogens with zero attached hydrogens (tertiary/aromatic N) is 2. The number of quaternary nitrogens is 1. The van der Waals surface area contributed by atoms with Crippen LogP contribution in [0, 0.1) is 5.41 Å². The van der Waals surface area contributed by atoms with Crippen LogP contribution >= 0.6 is 0 Å². The van der Waals surface area contributed by atoms with Crippen LogP contribution in [-0.2, 0) is 9.53 Å². The molecule has 168 valence electrons. The molecule has 0 radical (unpaired) electrons. The summed E-state index contributed by atoms with van der Waals surface area (Å²) in [6.45, 7) is 9.55. The standard InChI is InChI=1S/C23H36N2O5/c1-7-17(30-22(27)23(2,3)4)16-25(13-9-8-10-14-25)24-21(26)19-12-11-18(28-5)15-20(19)29-6/h11-12,15,17H,7-10,13-14,16H2,1-6H3. The zero-order chi connectivity index (χ0) is 22.4. The number of hydrogen-bond donors (Lipinski definition) is 0. The van der Waals surface area contributed by atoms with Crippen molar-refractivity contribution >= 4 is 11.9 Å². The predicted octanol–water partition coefficient (Wildman–Crippen LogP) is 3.09. The molecule has 0 aromatic heterocycles. The molecule has 1 saturated heterocycles. The van der Waals surface area contributed by atoms with E-state index in [1.165, 1.54) is 7.11 Å². The van der Waals surface area contributed by atoms with Crippen molar-refractivity contribution in [3.05, 3.63) is 23.8 Å². The molecule has 0 saturated carbocycles. The molecule has 1 heterocycles. The third-order valence-electron chi connectivity index (χ3n) is 5.48. The average Bonchev–Trinajstić information content (AvgIpc) is 2.72. The second-order valence-electron chi connectivity index (χ2n) is 8.94. The number of rotatable bonds is 8. The van der Waals surface area contributed by atoms with Gasteiger partial charge in [-0.2, -0.15) is 4.59 Å². The molecule has 1 aromatic rings. The molecular weight excluding hydrogens is 384 g/mol. The molecule has 2 rings (SSSR count). The third-order valence-corrected chi connectivity index (χ3v) is 5.48. The van der Waals surface area contributed by atoms with E-state index in [1.54, 1.807) is 25.3 Å². The number of methoxy groups -OCH3 is 2. The molecule has 7 heteroatoms. The van der Waals surface area contributed by atoms with Gasteiger partial charge in [-0.05, 0) is 58.6 Å². The highest BCUT2D eigenvalue weighted by atomic mass is 16.5. The smallest absolute Gasteiger partial charge is 0.311 e. The van der Waals surface area contributed by atoms with E-state index in [4.69, 9.17) is 14.2 Å². The summed E-state index contributed by atoms with van der Waals surface area (Å²) in [7, 11) is 3.09. The van der Waals surface area contributed by atoms with Crippen molar-refractivity contribution < 1.29 is 28.7 Å². The van der Waals surface area contributed by atoms with Gasteiger partial charge in [0.2, 0.25) is 0 Å². The fourth-order valence-corrected chi connectivity index (χ4v) is 3.60. The molecule has 0 aliphatic carbocycles. The first-order valence-electron chi connectivity index (χ1n) is 10.7. The van der Waals surface area contributed by atoms with Crippen LogP contribution in [0.5, 0.6) is 11.5 Å². The van der Waals surface area contributed by atoms with Crippen LogP contribution in [0.2, 0.25) is 0 Å². The maximum absolute atomic E-state index is 13.1. The summed E-state index contributed by atoms with van der Waals surface area (Å²) in [6, 6.07) is 5.09. The normalized spacial score (nSPS) is 17.9.